The molecular formula is C8H10NO2P. The summed E-state index contributed by atoms with van der Waals surface area (Å²) in [6.45, 7) is 3.30. The second kappa shape index (κ2) is 3.20. The van der Waals surface area contributed by atoms with Gasteiger partial charge in [0.15, 0.2) is 6.29 Å². The topological polar surface area (TPSA) is 47.0 Å². The molecule has 0 aromatic carbocycles. The zero-order valence-corrected chi connectivity index (χ0v) is 7.91. The molecule has 0 fully saturated rings. The van der Waals surface area contributed by atoms with Crippen LogP contribution in [-0.2, 0) is 4.57 Å². The van der Waals surface area contributed by atoms with Crippen molar-refractivity contribution in [3.05, 3.63) is 23.9 Å². The van der Waals surface area contributed by atoms with Crippen LogP contribution in [0.1, 0.15) is 10.4 Å². The van der Waals surface area contributed by atoms with Gasteiger partial charge in [-0.15, -0.1) is 0 Å². The lowest BCUT2D eigenvalue weighted by Crippen LogP contribution is -2.07. The molecule has 0 aliphatic heterocycles. The molecule has 0 atom stereocenters. The van der Waals surface area contributed by atoms with Gasteiger partial charge in [0.25, 0.3) is 0 Å². The first kappa shape index (κ1) is 9.14. The lowest BCUT2D eigenvalue weighted by atomic mass is 10.3. The van der Waals surface area contributed by atoms with Crippen LogP contribution in [0.3, 0.4) is 0 Å². The van der Waals surface area contributed by atoms with Gasteiger partial charge in [0.1, 0.15) is 7.14 Å². The van der Waals surface area contributed by atoms with Gasteiger partial charge in [-0.3, -0.25) is 9.78 Å². The van der Waals surface area contributed by atoms with E-state index >= 15 is 0 Å². The Hall–Kier alpha value is -0.950. The predicted molar refractivity (Wildman–Crippen MR) is 48.7 cm³/mol. The highest BCUT2D eigenvalue weighted by atomic mass is 31.2. The highest BCUT2D eigenvalue weighted by molar-refractivity contribution is 7.69. The van der Waals surface area contributed by atoms with Crippen molar-refractivity contribution in [2.45, 2.75) is 0 Å². The third-order valence-electron chi connectivity index (χ3n) is 1.46. The highest BCUT2D eigenvalue weighted by Gasteiger charge is 2.11. The Labute approximate surface area is 71.2 Å². The van der Waals surface area contributed by atoms with Gasteiger partial charge in [-0.2, -0.15) is 0 Å². The maximum absolute atomic E-state index is 11.5. The summed E-state index contributed by atoms with van der Waals surface area (Å²) < 4.78 is 11.5. The smallest absolute Gasteiger partial charge is 0.151 e. The summed E-state index contributed by atoms with van der Waals surface area (Å²) in [7, 11) is -2.28. The van der Waals surface area contributed by atoms with Crippen LogP contribution in [0.5, 0.6) is 0 Å². The Morgan fingerprint density at radius 2 is 2.08 bits per heavy atom. The van der Waals surface area contributed by atoms with Crippen LogP contribution in [0.25, 0.3) is 0 Å². The van der Waals surface area contributed by atoms with Crippen molar-refractivity contribution in [2.75, 3.05) is 13.3 Å². The largest absolute Gasteiger partial charge is 0.318 e. The van der Waals surface area contributed by atoms with Gasteiger partial charge in [0, 0.05) is 11.8 Å². The first-order chi connectivity index (χ1) is 5.54. The number of carbonyl (C=O) groups excluding carboxylic acids is 1. The number of pyridine rings is 1. The average Bonchev–Trinajstić information content (AvgIpc) is 2.03. The van der Waals surface area contributed by atoms with Crippen LogP contribution in [-0.4, -0.2) is 24.6 Å². The van der Waals surface area contributed by atoms with Crippen molar-refractivity contribution in [3.63, 3.8) is 0 Å². The number of aldehydes is 1. The number of aromatic nitrogens is 1. The Kier molecular flexibility index (Phi) is 2.43. The number of carbonyl (C=O) groups is 1. The summed E-state index contributed by atoms with van der Waals surface area (Å²) in [5.41, 5.74) is 1.07. The maximum atomic E-state index is 11.5. The Bertz CT molecular complexity index is 325. The van der Waals surface area contributed by atoms with Crippen LogP contribution in [0.4, 0.5) is 0 Å². The first-order valence-electron chi connectivity index (χ1n) is 3.51. The van der Waals surface area contributed by atoms with Gasteiger partial charge < -0.3 is 4.57 Å². The standard InChI is InChI=1S/C8H10NO2P/c1-12(2,11)8-4-3-7(6-10)5-9-8/h3-6H,1-2H3. The molecule has 12 heavy (non-hydrogen) atoms. The predicted octanol–water partition coefficient (Wildman–Crippen LogP) is 1.14. The fourth-order valence-corrected chi connectivity index (χ4v) is 1.56. The van der Waals surface area contributed by atoms with Crippen molar-refractivity contribution >= 4 is 18.9 Å². The molecule has 0 amide bonds. The number of nitrogens with zero attached hydrogens (tertiary/aromatic N) is 1. The van der Waals surface area contributed by atoms with E-state index in [-0.39, 0.29) is 0 Å². The number of hydrogen-bond donors (Lipinski definition) is 0. The van der Waals surface area contributed by atoms with Gasteiger partial charge >= 0.3 is 0 Å². The quantitative estimate of drug-likeness (QED) is 0.510. The van der Waals surface area contributed by atoms with Crippen molar-refractivity contribution in [2.24, 2.45) is 0 Å². The molecule has 0 saturated carbocycles. The molecular weight excluding hydrogens is 173 g/mol. The van der Waals surface area contributed by atoms with Crippen molar-refractivity contribution in [1.82, 2.24) is 4.98 Å². The van der Waals surface area contributed by atoms with E-state index in [1.807, 2.05) is 0 Å². The highest BCUT2D eigenvalue weighted by Crippen LogP contribution is 2.32. The Balaban J connectivity index is 3.08. The molecule has 1 aromatic heterocycles. The van der Waals surface area contributed by atoms with E-state index < -0.39 is 7.14 Å². The molecule has 3 nitrogen and oxygen atoms in total. The molecule has 1 rings (SSSR count). The van der Waals surface area contributed by atoms with E-state index in [0.717, 1.165) is 0 Å². The Morgan fingerprint density at radius 3 is 2.42 bits per heavy atom. The number of rotatable bonds is 2. The molecule has 0 bridgehead atoms. The van der Waals surface area contributed by atoms with Crippen molar-refractivity contribution in [3.8, 4) is 0 Å². The Morgan fingerprint density at radius 1 is 1.42 bits per heavy atom. The van der Waals surface area contributed by atoms with Crippen LogP contribution in [0.2, 0.25) is 0 Å². The zero-order valence-electron chi connectivity index (χ0n) is 7.02. The van der Waals surface area contributed by atoms with Crippen molar-refractivity contribution < 1.29 is 9.36 Å². The lowest BCUT2D eigenvalue weighted by Gasteiger charge is -2.04. The molecule has 4 heteroatoms. The monoisotopic (exact) mass is 183 g/mol. The summed E-state index contributed by atoms with van der Waals surface area (Å²) in [6.07, 6.45) is 2.15. The fraction of sp³-hybridized carbons (Fsp3) is 0.250. The van der Waals surface area contributed by atoms with E-state index in [9.17, 15) is 9.36 Å². The SMILES string of the molecule is CP(C)(=O)c1ccc(C=O)cn1. The molecule has 1 aromatic rings. The summed E-state index contributed by atoms with van der Waals surface area (Å²) >= 11 is 0. The number of hydrogen-bond acceptors (Lipinski definition) is 3. The third-order valence-corrected chi connectivity index (χ3v) is 2.83. The minimum absolute atomic E-state index is 0.507. The lowest BCUT2D eigenvalue weighted by molar-refractivity contribution is 0.112. The third kappa shape index (κ3) is 2.02. The fourth-order valence-electron chi connectivity index (χ4n) is 0.786. The summed E-state index contributed by atoms with van der Waals surface area (Å²) in [5, 5.41) is 0. The molecule has 0 spiro atoms. The van der Waals surface area contributed by atoms with E-state index in [0.29, 0.717) is 17.3 Å². The molecule has 0 unspecified atom stereocenters. The zero-order chi connectivity index (χ0) is 9.19. The normalized spacial score (nSPS) is 11.2. The summed E-state index contributed by atoms with van der Waals surface area (Å²) in [6, 6.07) is 3.25. The minimum Gasteiger partial charge on any atom is -0.318 e. The summed E-state index contributed by atoms with van der Waals surface area (Å²) in [4.78, 5) is 14.2. The van der Waals surface area contributed by atoms with E-state index in [1.54, 1.807) is 25.5 Å². The minimum atomic E-state index is -2.28. The van der Waals surface area contributed by atoms with E-state index in [2.05, 4.69) is 4.98 Å². The molecule has 0 N–H and O–H groups in total. The molecule has 64 valence electrons. The van der Waals surface area contributed by atoms with Crippen LogP contribution in [0, 0.1) is 0 Å². The van der Waals surface area contributed by atoms with Gasteiger partial charge in [0.2, 0.25) is 0 Å². The second-order valence-corrected chi connectivity index (χ2v) is 6.08. The molecule has 0 aliphatic carbocycles. The average molecular weight is 183 g/mol. The first-order valence-corrected chi connectivity index (χ1v) is 6.11. The van der Waals surface area contributed by atoms with Gasteiger partial charge in [-0.1, -0.05) is 0 Å². The second-order valence-electron chi connectivity index (χ2n) is 2.92. The summed E-state index contributed by atoms with van der Waals surface area (Å²) in [5.74, 6) is 0. The molecule has 0 aliphatic rings. The van der Waals surface area contributed by atoms with Crippen LogP contribution in [0.15, 0.2) is 18.3 Å². The van der Waals surface area contributed by atoms with Gasteiger partial charge in [-0.25, -0.2) is 0 Å². The van der Waals surface area contributed by atoms with E-state index in [4.69, 9.17) is 0 Å². The molecule has 0 radical (unpaired) electrons. The van der Waals surface area contributed by atoms with E-state index in [1.165, 1.54) is 6.20 Å². The van der Waals surface area contributed by atoms with Gasteiger partial charge in [0.05, 0.1) is 5.44 Å². The molecule has 1 heterocycles. The van der Waals surface area contributed by atoms with Crippen LogP contribution >= 0.6 is 7.14 Å². The van der Waals surface area contributed by atoms with Crippen LogP contribution < -0.4 is 5.44 Å². The molecule has 0 saturated heterocycles. The maximum Gasteiger partial charge on any atom is 0.151 e. The van der Waals surface area contributed by atoms with Gasteiger partial charge in [-0.05, 0) is 25.5 Å². The van der Waals surface area contributed by atoms with Crippen molar-refractivity contribution in [1.29, 1.82) is 0 Å².